The van der Waals surface area contributed by atoms with E-state index in [1.165, 1.54) is 11.7 Å². The molecular formula is C7H13N3OS. The van der Waals surface area contributed by atoms with Gasteiger partial charge in [0.1, 0.15) is 0 Å². The summed E-state index contributed by atoms with van der Waals surface area (Å²) < 4.78 is 13.3. The third-order valence-electron chi connectivity index (χ3n) is 1.57. The van der Waals surface area contributed by atoms with Crippen LogP contribution in [-0.4, -0.2) is 29.0 Å². The van der Waals surface area contributed by atoms with Crippen LogP contribution in [0.15, 0.2) is 6.20 Å². The summed E-state index contributed by atoms with van der Waals surface area (Å²) in [7, 11) is 1.89. The number of aromatic nitrogens is 2. The fraction of sp³-hybridized carbons (Fsp3) is 0.714. The molecule has 1 heterocycles. The van der Waals surface area contributed by atoms with Gasteiger partial charge in [0, 0.05) is 6.61 Å². The molecule has 0 saturated heterocycles. The van der Waals surface area contributed by atoms with Crippen LogP contribution < -0.4 is 5.32 Å². The summed E-state index contributed by atoms with van der Waals surface area (Å²) in [6, 6.07) is 0.170. The van der Waals surface area contributed by atoms with Crippen molar-refractivity contribution in [1.82, 2.24) is 14.1 Å². The second-order valence-corrected chi connectivity index (χ2v) is 2.89. The van der Waals surface area contributed by atoms with Crippen molar-refractivity contribution >= 4 is 11.7 Å². The number of ether oxygens (including phenoxy) is 1. The third-order valence-corrected chi connectivity index (χ3v) is 2.06. The minimum absolute atomic E-state index is 0.170. The minimum Gasteiger partial charge on any atom is -0.380 e. The lowest BCUT2D eigenvalue weighted by Crippen LogP contribution is -2.22. The van der Waals surface area contributed by atoms with Crippen LogP contribution in [0.2, 0.25) is 0 Å². The molecule has 68 valence electrons. The standard InChI is InChI=1S/C7H13N3OS/c1-3-11-5-7(8-2)6-4-9-12-10-6/h4,7-8H,3,5H2,1-2H3. The van der Waals surface area contributed by atoms with Gasteiger partial charge in [-0.05, 0) is 14.0 Å². The van der Waals surface area contributed by atoms with E-state index in [1.807, 2.05) is 14.0 Å². The summed E-state index contributed by atoms with van der Waals surface area (Å²) in [5.41, 5.74) is 0.955. The quantitative estimate of drug-likeness (QED) is 0.742. The first-order valence-electron chi connectivity index (χ1n) is 3.91. The zero-order valence-corrected chi connectivity index (χ0v) is 8.10. The number of hydrogen-bond acceptors (Lipinski definition) is 5. The Bertz CT molecular complexity index is 202. The number of nitrogens with one attached hydrogen (secondary N) is 1. The Morgan fingerprint density at radius 2 is 2.58 bits per heavy atom. The molecule has 0 bridgehead atoms. The molecule has 0 aromatic carbocycles. The average molecular weight is 187 g/mol. The fourth-order valence-corrected chi connectivity index (χ4v) is 1.35. The molecule has 0 radical (unpaired) electrons. The lowest BCUT2D eigenvalue weighted by atomic mass is 10.2. The molecule has 0 aliphatic rings. The number of rotatable bonds is 5. The first kappa shape index (κ1) is 9.57. The van der Waals surface area contributed by atoms with E-state index in [0.29, 0.717) is 6.61 Å². The molecular weight excluding hydrogens is 174 g/mol. The lowest BCUT2D eigenvalue weighted by molar-refractivity contribution is 0.124. The highest BCUT2D eigenvalue weighted by molar-refractivity contribution is 6.99. The van der Waals surface area contributed by atoms with Crippen LogP contribution in [0.5, 0.6) is 0 Å². The highest BCUT2D eigenvalue weighted by Crippen LogP contribution is 2.09. The van der Waals surface area contributed by atoms with Gasteiger partial charge in [-0.3, -0.25) is 0 Å². The monoisotopic (exact) mass is 187 g/mol. The van der Waals surface area contributed by atoms with Crippen LogP contribution in [0.25, 0.3) is 0 Å². The molecule has 5 heteroatoms. The highest BCUT2D eigenvalue weighted by Gasteiger charge is 2.10. The molecule has 1 aromatic rings. The Hall–Kier alpha value is -0.520. The molecule has 4 nitrogen and oxygen atoms in total. The Labute approximate surface area is 76.3 Å². The number of nitrogens with zero attached hydrogens (tertiary/aromatic N) is 2. The van der Waals surface area contributed by atoms with E-state index in [2.05, 4.69) is 14.1 Å². The SMILES string of the molecule is CCOCC(NC)c1cnsn1. The van der Waals surface area contributed by atoms with Crippen molar-refractivity contribution in [2.45, 2.75) is 13.0 Å². The van der Waals surface area contributed by atoms with Crippen LogP contribution in [0.4, 0.5) is 0 Å². The van der Waals surface area contributed by atoms with Crippen molar-refractivity contribution in [3.05, 3.63) is 11.9 Å². The molecule has 0 saturated carbocycles. The highest BCUT2D eigenvalue weighted by atomic mass is 32.1. The summed E-state index contributed by atoms with van der Waals surface area (Å²) in [5, 5.41) is 3.12. The Balaban J connectivity index is 2.45. The lowest BCUT2D eigenvalue weighted by Gasteiger charge is -2.12. The Morgan fingerprint density at radius 3 is 3.08 bits per heavy atom. The van der Waals surface area contributed by atoms with E-state index in [-0.39, 0.29) is 6.04 Å². The molecule has 1 rings (SSSR count). The van der Waals surface area contributed by atoms with Crippen molar-refractivity contribution in [3.63, 3.8) is 0 Å². The molecule has 0 fully saturated rings. The summed E-state index contributed by atoms with van der Waals surface area (Å²) in [4.78, 5) is 0. The first-order chi connectivity index (χ1) is 5.88. The van der Waals surface area contributed by atoms with Crippen molar-refractivity contribution < 1.29 is 4.74 Å². The van der Waals surface area contributed by atoms with Crippen LogP contribution in [0.1, 0.15) is 18.7 Å². The molecule has 0 spiro atoms. The van der Waals surface area contributed by atoms with Gasteiger partial charge in [-0.2, -0.15) is 8.75 Å². The maximum absolute atomic E-state index is 5.28. The summed E-state index contributed by atoms with van der Waals surface area (Å²) in [6.45, 7) is 3.36. The molecule has 1 N–H and O–H groups in total. The van der Waals surface area contributed by atoms with E-state index >= 15 is 0 Å². The maximum Gasteiger partial charge on any atom is 0.0935 e. The van der Waals surface area contributed by atoms with E-state index in [9.17, 15) is 0 Å². The van der Waals surface area contributed by atoms with Crippen molar-refractivity contribution in [3.8, 4) is 0 Å². The summed E-state index contributed by atoms with van der Waals surface area (Å²) in [6.07, 6.45) is 1.77. The normalized spacial score (nSPS) is 13.2. The van der Waals surface area contributed by atoms with Gasteiger partial charge in [-0.15, -0.1) is 0 Å². The molecule has 12 heavy (non-hydrogen) atoms. The van der Waals surface area contributed by atoms with Gasteiger partial charge in [0.2, 0.25) is 0 Å². The maximum atomic E-state index is 5.28. The smallest absolute Gasteiger partial charge is 0.0935 e. The molecule has 1 unspecified atom stereocenters. The van der Waals surface area contributed by atoms with E-state index in [0.717, 1.165) is 12.3 Å². The second-order valence-electron chi connectivity index (χ2n) is 2.33. The first-order valence-corrected chi connectivity index (χ1v) is 4.64. The molecule has 0 aliphatic carbocycles. The molecule has 0 amide bonds. The van der Waals surface area contributed by atoms with Crippen LogP contribution in [-0.2, 0) is 4.74 Å². The minimum atomic E-state index is 0.170. The van der Waals surface area contributed by atoms with E-state index < -0.39 is 0 Å². The third kappa shape index (κ3) is 2.51. The van der Waals surface area contributed by atoms with Crippen LogP contribution >= 0.6 is 11.7 Å². The van der Waals surface area contributed by atoms with Crippen LogP contribution in [0, 0.1) is 0 Å². The zero-order valence-electron chi connectivity index (χ0n) is 7.28. The van der Waals surface area contributed by atoms with Gasteiger partial charge in [0.25, 0.3) is 0 Å². The van der Waals surface area contributed by atoms with Crippen LogP contribution in [0.3, 0.4) is 0 Å². The van der Waals surface area contributed by atoms with Gasteiger partial charge in [0.15, 0.2) is 0 Å². The second kappa shape index (κ2) is 5.18. The van der Waals surface area contributed by atoms with Gasteiger partial charge < -0.3 is 10.1 Å². The van der Waals surface area contributed by atoms with Gasteiger partial charge in [-0.1, -0.05) is 0 Å². The van der Waals surface area contributed by atoms with E-state index in [1.54, 1.807) is 6.20 Å². The summed E-state index contributed by atoms with van der Waals surface area (Å²) >= 11 is 1.22. The molecule has 0 aliphatic heterocycles. The Morgan fingerprint density at radius 1 is 1.75 bits per heavy atom. The van der Waals surface area contributed by atoms with Crippen molar-refractivity contribution in [1.29, 1.82) is 0 Å². The number of likely N-dealkylation sites (N-methyl/N-ethyl adjacent to an activating group) is 1. The Kier molecular flexibility index (Phi) is 4.13. The van der Waals surface area contributed by atoms with Crippen molar-refractivity contribution in [2.24, 2.45) is 0 Å². The van der Waals surface area contributed by atoms with Gasteiger partial charge in [-0.25, -0.2) is 0 Å². The zero-order chi connectivity index (χ0) is 8.81. The topological polar surface area (TPSA) is 47.0 Å². The predicted octanol–water partition coefficient (Wildman–Crippen LogP) is 0.835. The van der Waals surface area contributed by atoms with Crippen molar-refractivity contribution in [2.75, 3.05) is 20.3 Å². The summed E-state index contributed by atoms with van der Waals surface area (Å²) in [5.74, 6) is 0. The molecule has 1 aromatic heterocycles. The molecule has 1 atom stereocenters. The average Bonchev–Trinajstić information content (AvgIpc) is 2.59. The van der Waals surface area contributed by atoms with E-state index in [4.69, 9.17) is 4.74 Å². The van der Waals surface area contributed by atoms with Gasteiger partial charge in [0.05, 0.1) is 36.3 Å². The largest absolute Gasteiger partial charge is 0.380 e. The predicted molar refractivity (Wildman–Crippen MR) is 48.2 cm³/mol. The van der Waals surface area contributed by atoms with Gasteiger partial charge >= 0.3 is 0 Å². The number of hydrogen-bond donors (Lipinski definition) is 1. The fourth-order valence-electron chi connectivity index (χ4n) is 0.878.